The largest absolute Gasteiger partial charge is 0.504 e. The summed E-state index contributed by atoms with van der Waals surface area (Å²) in [6, 6.07) is 12.9. The van der Waals surface area contributed by atoms with E-state index in [0.29, 0.717) is 17.4 Å². The minimum Gasteiger partial charge on any atom is -0.504 e. The lowest BCUT2D eigenvalue weighted by Crippen LogP contribution is -2.11. The molecule has 0 aliphatic heterocycles. The summed E-state index contributed by atoms with van der Waals surface area (Å²) in [4.78, 5) is 13.8. The zero-order valence-corrected chi connectivity index (χ0v) is 24.7. The molecule has 1 N–H and O–H groups in total. The molecule has 0 heterocycles. The van der Waals surface area contributed by atoms with Crippen molar-refractivity contribution in [3.63, 3.8) is 0 Å². The number of carbonyl (C=O) groups excluding carboxylic acids is 1. The lowest BCUT2D eigenvalue weighted by Gasteiger charge is -2.20. The van der Waals surface area contributed by atoms with Crippen molar-refractivity contribution in [1.29, 1.82) is 0 Å². The van der Waals surface area contributed by atoms with Crippen molar-refractivity contribution in [2.24, 2.45) is 0 Å². The molecule has 0 spiro atoms. The number of carbonyl (C=O) groups is 1. The molecule has 0 aliphatic carbocycles. The lowest BCUT2D eigenvalue weighted by atomic mass is 9.85. The first kappa shape index (κ1) is 30.9. The van der Waals surface area contributed by atoms with Gasteiger partial charge >= 0.3 is 0 Å². The molecule has 0 amide bonds. The van der Waals surface area contributed by atoms with Crippen molar-refractivity contribution in [3.05, 3.63) is 75.5 Å². The fourth-order valence-corrected chi connectivity index (χ4v) is 5.28. The summed E-state index contributed by atoms with van der Waals surface area (Å²) in [5, 5.41) is 11.2. The maximum absolute atomic E-state index is 13.8. The highest BCUT2D eigenvalue weighted by atomic mass is 16.3. The number of benzene rings is 2. The van der Waals surface area contributed by atoms with E-state index in [1.165, 1.54) is 36.0 Å². The van der Waals surface area contributed by atoms with Crippen molar-refractivity contribution in [2.45, 2.75) is 130 Å². The fraction of sp³-hybridized carbons (Fsp3) is 0.571. The molecular formula is C35H52O2. The molecule has 0 bridgehead atoms. The topological polar surface area (TPSA) is 37.3 Å². The van der Waals surface area contributed by atoms with Gasteiger partial charge in [0.25, 0.3) is 0 Å². The number of aryl methyl sites for hydroxylation is 1. The number of hydrogen-bond acceptors (Lipinski definition) is 2. The molecule has 37 heavy (non-hydrogen) atoms. The number of aliphatic hydroxyl groups is 1. The van der Waals surface area contributed by atoms with Crippen LogP contribution in [0.1, 0.15) is 162 Å². The van der Waals surface area contributed by atoms with Crippen molar-refractivity contribution >= 4 is 11.9 Å². The van der Waals surface area contributed by atoms with Gasteiger partial charge in [0.2, 0.25) is 5.78 Å². The summed E-state index contributed by atoms with van der Waals surface area (Å²) in [6.07, 6.45) is 12.9. The zero-order valence-electron chi connectivity index (χ0n) is 24.7. The van der Waals surface area contributed by atoms with Crippen molar-refractivity contribution < 1.29 is 9.90 Å². The number of rotatable bonds is 16. The zero-order chi connectivity index (χ0) is 27.4. The number of ketones is 1. The Hall–Kier alpha value is -2.35. The van der Waals surface area contributed by atoms with E-state index in [-0.39, 0.29) is 17.5 Å². The van der Waals surface area contributed by atoms with Crippen LogP contribution in [-0.4, -0.2) is 10.9 Å². The third-order valence-corrected chi connectivity index (χ3v) is 8.01. The van der Waals surface area contributed by atoms with Gasteiger partial charge in [-0.2, -0.15) is 0 Å². The van der Waals surface area contributed by atoms with Crippen LogP contribution in [0.3, 0.4) is 0 Å². The van der Waals surface area contributed by atoms with E-state index >= 15 is 0 Å². The Bertz CT molecular complexity index is 1020. The molecule has 3 unspecified atom stereocenters. The maximum atomic E-state index is 13.8. The van der Waals surface area contributed by atoms with Crippen LogP contribution >= 0.6 is 0 Å². The average molecular weight is 505 g/mol. The van der Waals surface area contributed by atoms with E-state index in [2.05, 4.69) is 84.9 Å². The second-order valence-electron chi connectivity index (χ2n) is 11.2. The number of aliphatic hydroxyl groups excluding tert-OH is 1. The van der Waals surface area contributed by atoms with Crippen molar-refractivity contribution in [1.82, 2.24) is 0 Å². The molecule has 204 valence electrons. The SMILES string of the molecule is CCCCC(C)c1ccc(C(C)CCCC)c(C(=O)C(O)=Cc2cc(CC)ccc2C(C)CCCC)c1. The van der Waals surface area contributed by atoms with Crippen LogP contribution in [0.25, 0.3) is 6.08 Å². The van der Waals surface area contributed by atoms with Gasteiger partial charge in [-0.15, -0.1) is 0 Å². The van der Waals surface area contributed by atoms with Crippen LogP contribution in [0.5, 0.6) is 0 Å². The standard InChI is InChI=1S/C35H52O2/c1-8-12-15-25(5)29-19-21-32(27(7)17-14-10-3)33(23-29)35(37)34(36)24-30-22-28(11-4)18-20-31(30)26(6)16-13-9-2/h18-27,36H,8-17H2,1-7H3. The molecule has 2 heteroatoms. The molecule has 2 aromatic rings. The first-order valence-corrected chi connectivity index (χ1v) is 15.0. The first-order valence-electron chi connectivity index (χ1n) is 15.0. The summed E-state index contributed by atoms with van der Waals surface area (Å²) >= 11 is 0. The van der Waals surface area contributed by atoms with Gasteiger partial charge in [-0.25, -0.2) is 0 Å². The van der Waals surface area contributed by atoms with Crippen molar-refractivity contribution in [3.8, 4) is 0 Å². The van der Waals surface area contributed by atoms with Crippen LogP contribution in [-0.2, 0) is 6.42 Å². The molecule has 0 saturated carbocycles. The van der Waals surface area contributed by atoms with Gasteiger partial charge in [0.05, 0.1) is 0 Å². The van der Waals surface area contributed by atoms with E-state index in [0.717, 1.165) is 56.1 Å². The second kappa shape index (κ2) is 15.8. The molecule has 0 fully saturated rings. The Balaban J connectivity index is 2.52. The van der Waals surface area contributed by atoms with E-state index in [1.54, 1.807) is 6.08 Å². The maximum Gasteiger partial charge on any atom is 0.227 e. The van der Waals surface area contributed by atoms with Gasteiger partial charge in [-0.3, -0.25) is 4.79 Å². The Morgan fingerprint density at radius 3 is 1.86 bits per heavy atom. The normalized spacial score (nSPS) is 14.4. The highest BCUT2D eigenvalue weighted by molar-refractivity contribution is 6.10. The van der Waals surface area contributed by atoms with Crippen LogP contribution in [0.15, 0.2) is 42.2 Å². The summed E-state index contributed by atoms with van der Waals surface area (Å²) in [5.74, 6) is 0.647. The number of hydrogen-bond donors (Lipinski definition) is 1. The van der Waals surface area contributed by atoms with E-state index in [4.69, 9.17) is 0 Å². The van der Waals surface area contributed by atoms with Crippen LogP contribution in [0.2, 0.25) is 0 Å². The first-order chi connectivity index (χ1) is 17.8. The third-order valence-electron chi connectivity index (χ3n) is 8.01. The summed E-state index contributed by atoms with van der Waals surface area (Å²) in [5.41, 5.74) is 6.33. The summed E-state index contributed by atoms with van der Waals surface area (Å²) < 4.78 is 0. The minimum atomic E-state index is -0.253. The molecule has 0 aliphatic rings. The molecule has 3 atom stereocenters. The van der Waals surface area contributed by atoms with Crippen LogP contribution in [0, 0.1) is 0 Å². The number of allylic oxidation sites excluding steroid dienone is 1. The molecule has 0 aromatic heterocycles. The lowest BCUT2D eigenvalue weighted by molar-refractivity contribution is 0.0979. The predicted octanol–water partition coefficient (Wildman–Crippen LogP) is 10.9. The van der Waals surface area contributed by atoms with Gasteiger partial charge in [0.15, 0.2) is 5.76 Å². The smallest absolute Gasteiger partial charge is 0.227 e. The quantitative estimate of drug-likeness (QED) is 0.140. The molecule has 2 rings (SSSR count). The minimum absolute atomic E-state index is 0.153. The van der Waals surface area contributed by atoms with Crippen LogP contribution < -0.4 is 0 Å². The van der Waals surface area contributed by atoms with Gasteiger partial charge in [-0.1, -0.05) is 117 Å². The number of Topliss-reactive ketones (excluding diaryl/α,β-unsaturated/α-hetero) is 1. The van der Waals surface area contributed by atoms with Gasteiger partial charge in [-0.05, 0) is 83.4 Å². The van der Waals surface area contributed by atoms with Gasteiger partial charge in [0, 0.05) is 5.56 Å². The van der Waals surface area contributed by atoms with E-state index in [1.807, 2.05) is 0 Å². The Morgan fingerprint density at radius 2 is 1.30 bits per heavy atom. The monoisotopic (exact) mass is 504 g/mol. The molecule has 2 nitrogen and oxygen atoms in total. The fourth-order valence-electron chi connectivity index (χ4n) is 5.28. The highest BCUT2D eigenvalue weighted by Gasteiger charge is 2.22. The van der Waals surface area contributed by atoms with E-state index in [9.17, 15) is 9.90 Å². The molecule has 0 saturated heterocycles. The Labute approximate surface area is 227 Å². The average Bonchev–Trinajstić information content (AvgIpc) is 2.92. The number of unbranched alkanes of at least 4 members (excludes halogenated alkanes) is 3. The molecule has 2 aromatic carbocycles. The van der Waals surface area contributed by atoms with E-state index < -0.39 is 0 Å². The Kier molecular flexibility index (Phi) is 13.2. The Morgan fingerprint density at radius 1 is 0.757 bits per heavy atom. The van der Waals surface area contributed by atoms with Crippen molar-refractivity contribution in [2.75, 3.05) is 0 Å². The molecular weight excluding hydrogens is 452 g/mol. The second-order valence-corrected chi connectivity index (χ2v) is 11.2. The van der Waals surface area contributed by atoms with Gasteiger partial charge < -0.3 is 5.11 Å². The van der Waals surface area contributed by atoms with Crippen LogP contribution in [0.4, 0.5) is 0 Å². The van der Waals surface area contributed by atoms with Gasteiger partial charge in [0.1, 0.15) is 0 Å². The summed E-state index contributed by atoms with van der Waals surface area (Å²) in [7, 11) is 0. The third kappa shape index (κ3) is 8.87. The highest BCUT2D eigenvalue weighted by Crippen LogP contribution is 2.32. The molecule has 0 radical (unpaired) electrons. The summed E-state index contributed by atoms with van der Waals surface area (Å²) in [6.45, 7) is 15.5. The predicted molar refractivity (Wildman–Crippen MR) is 161 cm³/mol.